The zero-order valence-electron chi connectivity index (χ0n) is 25.7. The number of aryl methyl sites for hydroxylation is 1. The normalized spacial score (nSPS) is 10.7. The van der Waals surface area contributed by atoms with Crippen LogP contribution in [-0.2, 0) is 16.1 Å². The predicted octanol–water partition coefficient (Wildman–Crippen LogP) is 7.87. The van der Waals surface area contributed by atoms with Crippen molar-refractivity contribution < 1.29 is 19.1 Å². The van der Waals surface area contributed by atoms with Gasteiger partial charge in [0.25, 0.3) is 0 Å². The lowest BCUT2D eigenvalue weighted by Crippen LogP contribution is -2.34. The maximum atomic E-state index is 13.7. The molecule has 0 saturated heterocycles. The molecule has 4 aromatic rings. The molecule has 0 bridgehead atoms. The van der Waals surface area contributed by atoms with Gasteiger partial charge >= 0.3 is 5.97 Å². The zero-order chi connectivity index (χ0) is 31.0. The number of amides is 1. The van der Waals surface area contributed by atoms with E-state index in [0.717, 1.165) is 38.8 Å². The summed E-state index contributed by atoms with van der Waals surface area (Å²) < 4.78 is 10.2. The van der Waals surface area contributed by atoms with Gasteiger partial charge in [0.05, 0.1) is 38.0 Å². The van der Waals surface area contributed by atoms with Crippen molar-refractivity contribution >= 4 is 28.5 Å². The number of nitriles is 1. The molecule has 0 atom stereocenters. The van der Waals surface area contributed by atoms with Crippen LogP contribution in [0.2, 0.25) is 0 Å². The SMILES string of the molecule is CC.COC(=O)c1ccc2c(N(Cc3ccc(-c4ccc(OC)c(C)c4)c(C#N)c3)C(=O)CC(C)(C)C)nccc2c1. The Morgan fingerprint density at radius 1 is 0.976 bits per heavy atom. The summed E-state index contributed by atoms with van der Waals surface area (Å²) in [5.41, 5.74) is 4.19. The molecule has 0 aliphatic carbocycles. The summed E-state index contributed by atoms with van der Waals surface area (Å²) in [6.45, 7) is 12.2. The number of anilines is 1. The number of esters is 1. The summed E-state index contributed by atoms with van der Waals surface area (Å²) in [5.74, 6) is 0.764. The highest BCUT2D eigenvalue weighted by atomic mass is 16.5. The molecule has 1 heterocycles. The number of ether oxygens (including phenoxy) is 2. The fourth-order valence-electron chi connectivity index (χ4n) is 4.71. The smallest absolute Gasteiger partial charge is 0.337 e. The summed E-state index contributed by atoms with van der Waals surface area (Å²) in [6.07, 6.45) is 1.94. The van der Waals surface area contributed by atoms with Crippen LogP contribution >= 0.6 is 0 Å². The van der Waals surface area contributed by atoms with Gasteiger partial charge < -0.3 is 9.47 Å². The molecular formula is C35H39N3O4. The van der Waals surface area contributed by atoms with E-state index in [1.165, 1.54) is 7.11 Å². The summed E-state index contributed by atoms with van der Waals surface area (Å²) in [4.78, 5) is 32.1. The Morgan fingerprint density at radius 2 is 1.71 bits per heavy atom. The van der Waals surface area contributed by atoms with Crippen molar-refractivity contribution in [3.05, 3.63) is 89.1 Å². The molecule has 0 aliphatic rings. The Morgan fingerprint density at radius 3 is 2.33 bits per heavy atom. The van der Waals surface area contributed by atoms with Gasteiger partial charge in [-0.2, -0.15) is 5.26 Å². The third kappa shape index (κ3) is 7.32. The maximum absolute atomic E-state index is 13.7. The van der Waals surface area contributed by atoms with Crippen molar-refractivity contribution in [2.75, 3.05) is 19.1 Å². The average Bonchev–Trinajstić information content (AvgIpc) is 2.98. The number of benzene rings is 3. The molecule has 0 saturated carbocycles. The van der Waals surface area contributed by atoms with Gasteiger partial charge in [0.1, 0.15) is 11.6 Å². The Labute approximate surface area is 248 Å². The molecule has 0 N–H and O–H groups in total. The van der Waals surface area contributed by atoms with E-state index in [0.29, 0.717) is 23.4 Å². The van der Waals surface area contributed by atoms with Gasteiger partial charge in [0, 0.05) is 18.0 Å². The number of hydrogen-bond donors (Lipinski definition) is 0. The van der Waals surface area contributed by atoms with E-state index >= 15 is 0 Å². The van der Waals surface area contributed by atoms with Crippen molar-refractivity contribution in [3.8, 4) is 22.9 Å². The van der Waals surface area contributed by atoms with Crippen LogP contribution in [0.5, 0.6) is 5.75 Å². The van der Waals surface area contributed by atoms with E-state index in [2.05, 4.69) is 11.1 Å². The van der Waals surface area contributed by atoms with Crippen LogP contribution in [0.3, 0.4) is 0 Å². The van der Waals surface area contributed by atoms with Crippen LogP contribution in [0.15, 0.2) is 66.9 Å². The van der Waals surface area contributed by atoms with E-state index in [-0.39, 0.29) is 17.9 Å². The first-order chi connectivity index (χ1) is 20.0. The topological polar surface area (TPSA) is 92.5 Å². The fraction of sp³-hybridized carbons (Fsp3) is 0.314. The van der Waals surface area contributed by atoms with Gasteiger partial charge in [-0.25, -0.2) is 9.78 Å². The Balaban J connectivity index is 0.00000237. The lowest BCUT2D eigenvalue weighted by atomic mass is 9.91. The number of fused-ring (bicyclic) bond motifs is 1. The molecule has 7 heteroatoms. The first-order valence-electron chi connectivity index (χ1n) is 14.0. The molecule has 0 unspecified atom stereocenters. The number of carbonyl (C=O) groups is 2. The molecule has 42 heavy (non-hydrogen) atoms. The third-order valence-corrected chi connectivity index (χ3v) is 6.65. The van der Waals surface area contributed by atoms with Gasteiger partial charge in [-0.15, -0.1) is 0 Å². The van der Waals surface area contributed by atoms with E-state index in [9.17, 15) is 14.9 Å². The zero-order valence-corrected chi connectivity index (χ0v) is 25.7. The van der Waals surface area contributed by atoms with Crippen LogP contribution in [0.25, 0.3) is 21.9 Å². The molecule has 0 fully saturated rings. The minimum atomic E-state index is -0.433. The Kier molecular flexibility index (Phi) is 10.4. The minimum absolute atomic E-state index is 0.0853. The third-order valence-electron chi connectivity index (χ3n) is 6.65. The van der Waals surface area contributed by atoms with Gasteiger partial charge in [-0.3, -0.25) is 9.69 Å². The van der Waals surface area contributed by atoms with Gasteiger partial charge in [-0.1, -0.05) is 52.8 Å². The van der Waals surface area contributed by atoms with E-state index in [1.807, 2.05) is 77.9 Å². The second-order valence-corrected chi connectivity index (χ2v) is 11.0. The second kappa shape index (κ2) is 13.8. The largest absolute Gasteiger partial charge is 0.496 e. The van der Waals surface area contributed by atoms with Crippen molar-refractivity contribution in [3.63, 3.8) is 0 Å². The van der Waals surface area contributed by atoms with E-state index in [1.54, 1.807) is 42.5 Å². The first kappa shape index (κ1) is 31.8. The van der Waals surface area contributed by atoms with Crippen molar-refractivity contribution in [1.29, 1.82) is 5.26 Å². The minimum Gasteiger partial charge on any atom is -0.496 e. The van der Waals surface area contributed by atoms with Crippen LogP contribution in [0.4, 0.5) is 5.82 Å². The molecular weight excluding hydrogens is 526 g/mol. The van der Waals surface area contributed by atoms with Crippen molar-refractivity contribution in [2.45, 2.75) is 54.5 Å². The number of nitrogens with zero attached hydrogens (tertiary/aromatic N) is 3. The van der Waals surface area contributed by atoms with Crippen LogP contribution in [0.1, 0.15) is 68.1 Å². The highest BCUT2D eigenvalue weighted by Gasteiger charge is 2.25. The molecule has 218 valence electrons. The van der Waals surface area contributed by atoms with Crippen molar-refractivity contribution in [1.82, 2.24) is 4.98 Å². The number of pyridine rings is 1. The number of carbonyl (C=O) groups excluding carboxylic acids is 2. The molecule has 1 aromatic heterocycles. The van der Waals surface area contributed by atoms with Gasteiger partial charge in [0.15, 0.2) is 0 Å². The summed E-state index contributed by atoms with van der Waals surface area (Å²) in [6, 6.07) is 20.8. The van der Waals surface area contributed by atoms with Gasteiger partial charge in [-0.05, 0) is 82.4 Å². The standard InChI is InChI=1S/C33H33N3O4.C2H6/c1-21-15-23(9-12-29(21)39-5)27-10-7-22(16-26(27)19-34)20-36(30(37)18-33(2,3)4)31-28-11-8-25(32(38)40-6)17-24(28)13-14-35-31;1-2/h7-17H,18,20H2,1-6H3;1-2H3. The molecule has 1 amide bonds. The monoisotopic (exact) mass is 565 g/mol. The highest BCUT2D eigenvalue weighted by molar-refractivity contribution is 6.04. The molecule has 0 radical (unpaired) electrons. The maximum Gasteiger partial charge on any atom is 0.337 e. The average molecular weight is 566 g/mol. The summed E-state index contributed by atoms with van der Waals surface area (Å²) in [7, 11) is 2.97. The van der Waals surface area contributed by atoms with Crippen LogP contribution < -0.4 is 9.64 Å². The van der Waals surface area contributed by atoms with Crippen LogP contribution in [-0.4, -0.2) is 31.1 Å². The molecule has 7 nitrogen and oxygen atoms in total. The second-order valence-electron chi connectivity index (χ2n) is 11.0. The Hall–Kier alpha value is -4.70. The molecule has 4 rings (SSSR count). The Bertz CT molecular complexity index is 1630. The summed E-state index contributed by atoms with van der Waals surface area (Å²) in [5, 5.41) is 11.5. The molecule has 3 aromatic carbocycles. The molecule has 0 aliphatic heterocycles. The van der Waals surface area contributed by atoms with Crippen LogP contribution in [0, 0.1) is 23.7 Å². The lowest BCUT2D eigenvalue weighted by Gasteiger charge is -2.27. The summed E-state index contributed by atoms with van der Waals surface area (Å²) >= 11 is 0. The van der Waals surface area contributed by atoms with Gasteiger partial charge in [0.2, 0.25) is 5.91 Å². The molecule has 0 spiro atoms. The number of hydrogen-bond acceptors (Lipinski definition) is 6. The number of methoxy groups -OCH3 is 2. The fourth-order valence-corrected chi connectivity index (χ4v) is 4.71. The quantitative estimate of drug-likeness (QED) is 0.212. The van der Waals surface area contributed by atoms with E-state index in [4.69, 9.17) is 9.47 Å². The van der Waals surface area contributed by atoms with E-state index < -0.39 is 5.97 Å². The highest BCUT2D eigenvalue weighted by Crippen LogP contribution is 2.32. The predicted molar refractivity (Wildman–Crippen MR) is 168 cm³/mol. The number of rotatable bonds is 7. The van der Waals surface area contributed by atoms with Crippen molar-refractivity contribution in [2.24, 2.45) is 5.41 Å². The number of aromatic nitrogens is 1. The lowest BCUT2D eigenvalue weighted by molar-refractivity contribution is -0.120. The first-order valence-corrected chi connectivity index (χ1v) is 14.0.